The lowest BCUT2D eigenvalue weighted by Gasteiger charge is -2.34. The summed E-state index contributed by atoms with van der Waals surface area (Å²) in [4.78, 5) is 15.2. The molecule has 0 amide bonds. The van der Waals surface area contributed by atoms with Crippen molar-refractivity contribution in [2.75, 3.05) is 0 Å². The average Bonchev–Trinajstić information content (AvgIpc) is 3.60. The van der Waals surface area contributed by atoms with Crippen molar-refractivity contribution >= 4 is 0 Å². The molecule has 2 aliphatic rings. The second-order valence-electron chi connectivity index (χ2n) is 14.3. The molecule has 9 aromatic rings. The quantitative estimate of drug-likeness (QED) is 0.170. The molecule has 1 aromatic heterocycles. The second-order valence-corrected chi connectivity index (χ2v) is 14.3. The van der Waals surface area contributed by atoms with Gasteiger partial charge in [0.1, 0.15) is 0 Å². The van der Waals surface area contributed by atoms with Crippen molar-refractivity contribution in [3.63, 3.8) is 0 Å². The summed E-state index contributed by atoms with van der Waals surface area (Å²) < 4.78 is 13.7. The molecule has 5 nitrogen and oxygen atoms in total. The van der Waals surface area contributed by atoms with Gasteiger partial charge >= 0.3 is 0 Å². The smallest absolute Gasteiger partial charge is 0.178 e. The van der Waals surface area contributed by atoms with Crippen LogP contribution in [0.3, 0.4) is 0 Å². The molecule has 57 heavy (non-hydrogen) atoms. The van der Waals surface area contributed by atoms with E-state index in [9.17, 15) is 0 Å². The lowest BCUT2D eigenvalue weighted by atomic mass is 9.68. The molecular weight excluding hydrogens is 699 g/mol. The first-order valence-corrected chi connectivity index (χ1v) is 19.1. The number of benzene rings is 8. The molecule has 11 rings (SSSR count). The van der Waals surface area contributed by atoms with Crippen LogP contribution in [0.2, 0.25) is 0 Å². The highest BCUT2D eigenvalue weighted by atomic mass is 16.6. The van der Waals surface area contributed by atoms with Crippen LogP contribution in [0.5, 0.6) is 23.0 Å². The van der Waals surface area contributed by atoms with Crippen LogP contribution in [-0.2, 0) is 5.41 Å². The molecule has 0 N–H and O–H groups in total. The molecule has 0 saturated carbocycles. The van der Waals surface area contributed by atoms with Gasteiger partial charge in [0.25, 0.3) is 0 Å². The van der Waals surface area contributed by atoms with E-state index in [0.717, 1.165) is 44.5 Å². The number of fused-ring (bicyclic) bond motifs is 6. The Morgan fingerprint density at radius 2 is 0.860 bits per heavy atom. The molecule has 0 spiro atoms. The van der Waals surface area contributed by atoms with E-state index < -0.39 is 5.41 Å². The highest BCUT2D eigenvalue weighted by Gasteiger charge is 2.48. The SMILES string of the molecule is c1ccc(-c2nc(-c3ccc4c(c3)Oc3c(ccc5c3-c3ccccc3C5(c3ccccc3)c3ccccc3)O4)nc(-c3ccccc3-c3ccccc3)n2)cc1. The number of nitrogens with zero attached hydrogens (tertiary/aromatic N) is 3. The summed E-state index contributed by atoms with van der Waals surface area (Å²) in [5, 5.41) is 0. The van der Waals surface area contributed by atoms with Crippen LogP contribution in [-0.4, -0.2) is 15.0 Å². The van der Waals surface area contributed by atoms with E-state index in [1.165, 1.54) is 16.7 Å². The van der Waals surface area contributed by atoms with Gasteiger partial charge in [-0.25, -0.2) is 15.0 Å². The first-order chi connectivity index (χ1) is 28.3. The monoisotopic (exact) mass is 731 g/mol. The van der Waals surface area contributed by atoms with E-state index in [4.69, 9.17) is 24.4 Å². The van der Waals surface area contributed by atoms with Gasteiger partial charge in [0.15, 0.2) is 40.5 Å². The van der Waals surface area contributed by atoms with Gasteiger partial charge in [-0.3, -0.25) is 0 Å². The molecule has 0 bridgehead atoms. The Morgan fingerprint density at radius 3 is 1.54 bits per heavy atom. The molecule has 0 fully saturated rings. The third kappa shape index (κ3) is 5.28. The first-order valence-electron chi connectivity index (χ1n) is 19.1. The zero-order valence-corrected chi connectivity index (χ0v) is 30.7. The van der Waals surface area contributed by atoms with Gasteiger partial charge in [-0.15, -0.1) is 0 Å². The minimum Gasteiger partial charge on any atom is -0.449 e. The van der Waals surface area contributed by atoms with Gasteiger partial charge in [0, 0.05) is 22.3 Å². The number of ether oxygens (including phenoxy) is 2. The average molecular weight is 732 g/mol. The van der Waals surface area contributed by atoms with Gasteiger partial charge < -0.3 is 9.47 Å². The summed E-state index contributed by atoms with van der Waals surface area (Å²) in [7, 11) is 0. The minimum absolute atomic E-state index is 0.537. The Bertz CT molecular complexity index is 2910. The maximum absolute atomic E-state index is 7.01. The van der Waals surface area contributed by atoms with Crippen LogP contribution in [0.15, 0.2) is 200 Å². The zero-order chi connectivity index (χ0) is 37.8. The summed E-state index contributed by atoms with van der Waals surface area (Å²) in [5.41, 5.74) is 11.1. The van der Waals surface area contributed by atoms with Gasteiger partial charge in [0.05, 0.1) is 5.41 Å². The van der Waals surface area contributed by atoms with E-state index in [0.29, 0.717) is 40.5 Å². The fraction of sp³-hybridized carbons (Fsp3) is 0.0192. The van der Waals surface area contributed by atoms with Gasteiger partial charge in [-0.2, -0.15) is 0 Å². The molecule has 268 valence electrons. The van der Waals surface area contributed by atoms with Gasteiger partial charge in [-0.1, -0.05) is 176 Å². The van der Waals surface area contributed by atoms with Crippen molar-refractivity contribution in [3.8, 4) is 79.4 Å². The Labute approximate surface area is 330 Å². The molecule has 0 radical (unpaired) electrons. The van der Waals surface area contributed by atoms with Crippen LogP contribution < -0.4 is 9.47 Å². The van der Waals surface area contributed by atoms with Gasteiger partial charge in [0.2, 0.25) is 0 Å². The third-order valence-electron chi connectivity index (χ3n) is 11.1. The fourth-order valence-corrected chi connectivity index (χ4v) is 8.59. The summed E-state index contributed by atoms with van der Waals surface area (Å²) in [6.45, 7) is 0. The van der Waals surface area contributed by atoms with E-state index in [1.54, 1.807) is 0 Å². The fourth-order valence-electron chi connectivity index (χ4n) is 8.59. The van der Waals surface area contributed by atoms with E-state index in [2.05, 4.69) is 115 Å². The summed E-state index contributed by atoms with van der Waals surface area (Å²) in [5.74, 6) is 4.30. The molecule has 5 heteroatoms. The Balaban J connectivity index is 1.07. The molecule has 0 saturated heterocycles. The summed E-state index contributed by atoms with van der Waals surface area (Å²) in [6, 6.07) is 69.0. The molecule has 8 aromatic carbocycles. The maximum atomic E-state index is 7.01. The van der Waals surface area contributed by atoms with Crippen molar-refractivity contribution in [1.29, 1.82) is 0 Å². The van der Waals surface area contributed by atoms with Crippen LogP contribution in [0.25, 0.3) is 56.4 Å². The first kappa shape index (κ1) is 32.8. The van der Waals surface area contributed by atoms with E-state index in [-0.39, 0.29) is 0 Å². The highest BCUT2D eigenvalue weighted by molar-refractivity contribution is 5.92. The lowest BCUT2D eigenvalue weighted by Crippen LogP contribution is -2.28. The van der Waals surface area contributed by atoms with Crippen LogP contribution in [0.1, 0.15) is 22.3 Å². The standard InChI is InChI=1S/C52H33N3O2/c1-5-17-34(18-6-1)39-25-13-14-26-40(39)51-54-49(35-19-7-2-8-20-35)53-50(55-51)36-29-31-44-46(33-36)57-48-45(56-44)32-30-43-47(48)41-27-15-16-28-42(41)52(43,37-21-9-3-10-22-37)38-23-11-4-12-24-38/h1-33H. The third-order valence-corrected chi connectivity index (χ3v) is 11.1. The molecule has 2 heterocycles. The lowest BCUT2D eigenvalue weighted by molar-refractivity contribution is 0.360. The van der Waals surface area contributed by atoms with Crippen molar-refractivity contribution in [2.45, 2.75) is 5.41 Å². The topological polar surface area (TPSA) is 57.1 Å². The maximum Gasteiger partial charge on any atom is 0.178 e. The van der Waals surface area contributed by atoms with Crippen LogP contribution in [0.4, 0.5) is 0 Å². The predicted octanol–water partition coefficient (Wildman–Crippen LogP) is 12.8. The number of rotatable bonds is 6. The Hall–Kier alpha value is -7.63. The molecule has 0 atom stereocenters. The largest absolute Gasteiger partial charge is 0.449 e. The minimum atomic E-state index is -0.555. The predicted molar refractivity (Wildman–Crippen MR) is 225 cm³/mol. The Kier molecular flexibility index (Phi) is 7.64. The molecule has 0 unspecified atom stereocenters. The number of hydrogen-bond donors (Lipinski definition) is 0. The van der Waals surface area contributed by atoms with Gasteiger partial charge in [-0.05, 0) is 63.2 Å². The van der Waals surface area contributed by atoms with Crippen molar-refractivity contribution in [3.05, 3.63) is 222 Å². The van der Waals surface area contributed by atoms with E-state index in [1.807, 2.05) is 84.9 Å². The normalized spacial score (nSPS) is 13.0. The summed E-state index contributed by atoms with van der Waals surface area (Å²) in [6.07, 6.45) is 0. The number of hydrogen-bond acceptors (Lipinski definition) is 5. The molecule has 1 aliphatic carbocycles. The highest BCUT2D eigenvalue weighted by Crippen LogP contribution is 2.62. The summed E-state index contributed by atoms with van der Waals surface area (Å²) >= 11 is 0. The Morgan fingerprint density at radius 1 is 0.333 bits per heavy atom. The second kappa shape index (κ2) is 13.3. The van der Waals surface area contributed by atoms with Crippen molar-refractivity contribution in [2.24, 2.45) is 0 Å². The molecular formula is C52H33N3O2. The van der Waals surface area contributed by atoms with Crippen LogP contribution in [0, 0.1) is 0 Å². The molecule has 1 aliphatic heterocycles. The zero-order valence-electron chi connectivity index (χ0n) is 30.7. The van der Waals surface area contributed by atoms with Crippen molar-refractivity contribution in [1.82, 2.24) is 15.0 Å². The number of aromatic nitrogens is 3. The van der Waals surface area contributed by atoms with E-state index >= 15 is 0 Å². The van der Waals surface area contributed by atoms with Crippen molar-refractivity contribution < 1.29 is 9.47 Å². The van der Waals surface area contributed by atoms with Crippen LogP contribution >= 0.6 is 0 Å².